The molecule has 0 atom stereocenters. The summed E-state index contributed by atoms with van der Waals surface area (Å²) in [4.78, 5) is 27.5. The van der Waals surface area contributed by atoms with E-state index in [4.69, 9.17) is 14.4 Å². The van der Waals surface area contributed by atoms with Crippen molar-refractivity contribution in [1.82, 2.24) is 29.4 Å². The molecule has 0 aromatic carbocycles. The van der Waals surface area contributed by atoms with Crippen LogP contribution in [0.25, 0.3) is 0 Å². The predicted octanol–water partition coefficient (Wildman–Crippen LogP) is 1.71. The van der Waals surface area contributed by atoms with Crippen molar-refractivity contribution in [2.75, 3.05) is 6.54 Å². The molecule has 10 nitrogen and oxygen atoms in total. The zero-order valence-electron chi connectivity index (χ0n) is 15.7. The minimum Gasteiger partial charge on any atom is -0.475 e. The number of nitrogens with zero attached hydrogens (tertiary/aromatic N) is 6. The number of hydrogen-bond acceptors (Lipinski definition) is 6. The Kier molecular flexibility index (Phi) is 5.89. The van der Waals surface area contributed by atoms with Gasteiger partial charge in [-0.2, -0.15) is 18.3 Å². The average Bonchev–Trinajstić information content (AvgIpc) is 3.43. The lowest BCUT2D eigenvalue weighted by molar-refractivity contribution is -0.192. The SMILES string of the molecule is Cc1cc(C(=O)N2CCn3c(Cn4cccn4)cnc3C2)no1.O=C(O)C(F)(F)F. The lowest BCUT2D eigenvalue weighted by atomic mass is 10.3. The number of aryl methyl sites for hydroxylation is 1. The summed E-state index contributed by atoms with van der Waals surface area (Å²) in [5.41, 5.74) is 1.44. The van der Waals surface area contributed by atoms with Crippen molar-refractivity contribution in [3.8, 4) is 0 Å². The van der Waals surface area contributed by atoms with Crippen molar-refractivity contribution in [3.05, 3.63) is 53.7 Å². The fraction of sp³-hybridized carbons (Fsp3) is 0.353. The quantitative estimate of drug-likeness (QED) is 0.677. The predicted molar refractivity (Wildman–Crippen MR) is 93.2 cm³/mol. The first-order chi connectivity index (χ1) is 14.1. The van der Waals surface area contributed by atoms with E-state index < -0.39 is 12.1 Å². The summed E-state index contributed by atoms with van der Waals surface area (Å²) >= 11 is 0. The summed E-state index contributed by atoms with van der Waals surface area (Å²) in [7, 11) is 0. The lowest BCUT2D eigenvalue weighted by Gasteiger charge is -2.28. The third-order valence-corrected chi connectivity index (χ3v) is 4.21. The van der Waals surface area contributed by atoms with Crippen molar-refractivity contribution in [3.63, 3.8) is 0 Å². The molecule has 0 aliphatic carbocycles. The van der Waals surface area contributed by atoms with Crippen molar-refractivity contribution >= 4 is 11.9 Å². The summed E-state index contributed by atoms with van der Waals surface area (Å²) in [6, 6.07) is 3.56. The van der Waals surface area contributed by atoms with Gasteiger partial charge in [-0.05, 0) is 13.0 Å². The number of fused-ring (bicyclic) bond motifs is 1. The Balaban J connectivity index is 0.000000318. The van der Waals surface area contributed by atoms with Gasteiger partial charge in [0, 0.05) is 31.5 Å². The van der Waals surface area contributed by atoms with Gasteiger partial charge in [0.15, 0.2) is 5.69 Å². The van der Waals surface area contributed by atoms with Gasteiger partial charge in [-0.25, -0.2) is 9.78 Å². The zero-order chi connectivity index (χ0) is 21.9. The standard InChI is InChI=1S/C15H16N6O2.C2HF3O2/c1-11-7-13(18-23-11)15(22)19-5-6-21-12(8-16-14(21)10-19)9-20-4-2-3-17-20;3-2(4,5)1(6)7/h2-4,7-8H,5-6,9-10H2,1H3;(H,6,7). The Morgan fingerprint density at radius 3 is 2.60 bits per heavy atom. The van der Waals surface area contributed by atoms with Crippen LogP contribution in [0.5, 0.6) is 0 Å². The summed E-state index contributed by atoms with van der Waals surface area (Å²) in [6.07, 6.45) is 0.449. The minimum atomic E-state index is -5.08. The van der Waals surface area contributed by atoms with Gasteiger partial charge in [-0.1, -0.05) is 5.16 Å². The third kappa shape index (κ3) is 4.85. The van der Waals surface area contributed by atoms with E-state index in [-0.39, 0.29) is 5.91 Å². The van der Waals surface area contributed by atoms with Gasteiger partial charge in [0.05, 0.1) is 25.0 Å². The highest BCUT2D eigenvalue weighted by molar-refractivity contribution is 5.92. The van der Waals surface area contributed by atoms with Crippen molar-refractivity contribution in [2.45, 2.75) is 32.7 Å². The van der Waals surface area contributed by atoms with Crippen molar-refractivity contribution in [1.29, 1.82) is 0 Å². The van der Waals surface area contributed by atoms with Gasteiger partial charge in [-0.3, -0.25) is 9.48 Å². The van der Waals surface area contributed by atoms with Gasteiger partial charge in [0.1, 0.15) is 11.6 Å². The number of alkyl halides is 3. The van der Waals surface area contributed by atoms with Gasteiger partial charge < -0.3 is 19.1 Å². The first-order valence-electron chi connectivity index (χ1n) is 8.68. The molecule has 3 aromatic rings. The van der Waals surface area contributed by atoms with E-state index in [1.54, 1.807) is 24.1 Å². The highest BCUT2D eigenvalue weighted by Gasteiger charge is 2.38. The van der Waals surface area contributed by atoms with E-state index in [9.17, 15) is 18.0 Å². The number of carbonyl (C=O) groups is 2. The van der Waals surface area contributed by atoms with E-state index in [0.717, 1.165) is 11.5 Å². The van der Waals surface area contributed by atoms with Gasteiger partial charge in [0.2, 0.25) is 0 Å². The fourth-order valence-electron chi connectivity index (χ4n) is 2.81. The first-order valence-corrected chi connectivity index (χ1v) is 8.68. The summed E-state index contributed by atoms with van der Waals surface area (Å²) in [6.45, 7) is 4.27. The molecule has 3 aromatic heterocycles. The second-order valence-corrected chi connectivity index (χ2v) is 6.37. The smallest absolute Gasteiger partial charge is 0.475 e. The van der Waals surface area contributed by atoms with Crippen LogP contribution in [-0.2, 0) is 24.4 Å². The number of carbonyl (C=O) groups excluding carboxylic acids is 1. The average molecular weight is 426 g/mol. The van der Waals surface area contributed by atoms with Crippen LogP contribution in [0.15, 0.2) is 35.2 Å². The van der Waals surface area contributed by atoms with Gasteiger partial charge >= 0.3 is 12.1 Å². The minimum absolute atomic E-state index is 0.121. The molecule has 0 unspecified atom stereocenters. The molecule has 4 rings (SSSR count). The number of amides is 1. The van der Waals surface area contributed by atoms with Crippen LogP contribution in [0.1, 0.15) is 27.8 Å². The number of halogens is 3. The molecule has 0 saturated carbocycles. The fourth-order valence-corrected chi connectivity index (χ4v) is 2.81. The second-order valence-electron chi connectivity index (χ2n) is 6.37. The Bertz CT molecular complexity index is 1020. The van der Waals surface area contributed by atoms with E-state index in [1.807, 2.05) is 23.1 Å². The largest absolute Gasteiger partial charge is 0.490 e. The van der Waals surface area contributed by atoms with Crippen LogP contribution in [0, 0.1) is 6.92 Å². The Labute approximate surface area is 167 Å². The van der Waals surface area contributed by atoms with Crippen LogP contribution in [0.3, 0.4) is 0 Å². The monoisotopic (exact) mass is 426 g/mol. The summed E-state index contributed by atoms with van der Waals surface area (Å²) in [5, 5.41) is 15.1. The number of imidazole rings is 1. The number of aliphatic carboxylic acids is 1. The van der Waals surface area contributed by atoms with E-state index >= 15 is 0 Å². The molecular weight excluding hydrogens is 409 g/mol. The maximum atomic E-state index is 12.4. The van der Waals surface area contributed by atoms with Gasteiger partial charge in [-0.15, -0.1) is 0 Å². The Morgan fingerprint density at radius 2 is 2.03 bits per heavy atom. The molecule has 0 fully saturated rings. The van der Waals surface area contributed by atoms with E-state index in [0.29, 0.717) is 37.6 Å². The van der Waals surface area contributed by atoms with Crippen LogP contribution >= 0.6 is 0 Å². The molecule has 4 heterocycles. The highest BCUT2D eigenvalue weighted by Crippen LogP contribution is 2.17. The van der Waals surface area contributed by atoms with E-state index in [1.165, 1.54) is 0 Å². The molecule has 0 saturated heterocycles. The van der Waals surface area contributed by atoms with Crippen molar-refractivity contribution < 1.29 is 32.4 Å². The van der Waals surface area contributed by atoms with Gasteiger partial charge in [0.25, 0.3) is 5.91 Å². The molecule has 1 N–H and O–H groups in total. The van der Waals surface area contributed by atoms with Crippen LogP contribution < -0.4 is 0 Å². The molecule has 30 heavy (non-hydrogen) atoms. The third-order valence-electron chi connectivity index (χ3n) is 4.21. The van der Waals surface area contributed by atoms with Crippen LogP contribution in [0.4, 0.5) is 13.2 Å². The molecule has 0 spiro atoms. The van der Waals surface area contributed by atoms with Crippen LogP contribution in [-0.4, -0.2) is 59.1 Å². The van der Waals surface area contributed by atoms with Crippen LogP contribution in [0.2, 0.25) is 0 Å². The number of carboxylic acid groups (broad SMARTS) is 1. The summed E-state index contributed by atoms with van der Waals surface area (Å²) < 4.78 is 40.7. The molecule has 13 heteroatoms. The molecule has 160 valence electrons. The molecular formula is C17H17F3N6O4. The maximum absolute atomic E-state index is 12.4. The Morgan fingerprint density at radius 1 is 1.30 bits per heavy atom. The number of carboxylic acids is 1. The Hall–Kier alpha value is -3.64. The molecule has 1 amide bonds. The van der Waals surface area contributed by atoms with E-state index in [2.05, 4.69) is 19.8 Å². The zero-order valence-corrected chi connectivity index (χ0v) is 15.7. The highest BCUT2D eigenvalue weighted by atomic mass is 19.4. The molecule has 1 aliphatic heterocycles. The molecule has 0 bridgehead atoms. The lowest BCUT2D eigenvalue weighted by Crippen LogP contribution is -2.39. The first kappa shape index (κ1) is 21.1. The maximum Gasteiger partial charge on any atom is 0.490 e. The molecule has 1 aliphatic rings. The summed E-state index contributed by atoms with van der Waals surface area (Å²) in [5.74, 6) is -1.36. The van der Waals surface area contributed by atoms with Crippen molar-refractivity contribution in [2.24, 2.45) is 0 Å². The number of rotatable bonds is 3. The number of aromatic nitrogens is 5. The molecule has 0 radical (unpaired) electrons. The second kappa shape index (κ2) is 8.39. The normalized spacial score (nSPS) is 13.4. The number of hydrogen-bond donors (Lipinski definition) is 1. The topological polar surface area (TPSA) is 119 Å².